The van der Waals surface area contributed by atoms with Gasteiger partial charge in [0.05, 0.1) is 6.61 Å². The second kappa shape index (κ2) is 4.49. The fraction of sp³-hybridized carbons (Fsp3) is 0.143. The van der Waals surface area contributed by atoms with Gasteiger partial charge in [-0.25, -0.2) is 4.98 Å². The third-order valence-electron chi connectivity index (χ3n) is 2.58. The van der Waals surface area contributed by atoms with E-state index >= 15 is 0 Å². The van der Waals surface area contributed by atoms with Gasteiger partial charge in [0, 0.05) is 11.8 Å². The van der Waals surface area contributed by atoms with E-state index in [-0.39, 0.29) is 0 Å². The molecule has 90 valence electrons. The number of rotatable bonds is 3. The molecule has 0 saturated carbocycles. The van der Waals surface area contributed by atoms with E-state index in [0.717, 1.165) is 11.3 Å². The largest absolute Gasteiger partial charge is 0.494 e. The normalized spacial score (nSPS) is 10.7. The van der Waals surface area contributed by atoms with Gasteiger partial charge in [-0.05, 0) is 43.3 Å². The summed E-state index contributed by atoms with van der Waals surface area (Å²) < 4.78 is 11.0. The lowest BCUT2D eigenvalue weighted by Crippen LogP contribution is -1.90. The van der Waals surface area contributed by atoms with E-state index in [1.165, 1.54) is 0 Å². The van der Waals surface area contributed by atoms with Crippen molar-refractivity contribution in [3.63, 3.8) is 0 Å². The fourth-order valence-electron chi connectivity index (χ4n) is 1.75. The Balaban J connectivity index is 1.98. The molecular weight excluding hydrogens is 228 g/mol. The average Bonchev–Trinajstić information content (AvgIpc) is 2.84. The number of nitrogens with zero attached hydrogens (tertiary/aromatic N) is 2. The number of ether oxygens (including phenoxy) is 1. The SMILES string of the molecule is CCOc1ccc(-c2nc3ncccc3o2)cc1. The molecule has 3 rings (SSSR count). The van der Waals surface area contributed by atoms with E-state index in [1.54, 1.807) is 6.20 Å². The Bertz CT molecular complexity index is 626. The molecule has 0 bridgehead atoms. The zero-order valence-electron chi connectivity index (χ0n) is 9.96. The van der Waals surface area contributed by atoms with E-state index in [9.17, 15) is 0 Å². The van der Waals surface area contributed by atoms with Gasteiger partial charge in [0.2, 0.25) is 5.89 Å². The number of fused-ring (bicyclic) bond motifs is 1. The number of aromatic nitrogens is 2. The van der Waals surface area contributed by atoms with Crippen molar-refractivity contribution in [3.8, 4) is 17.2 Å². The molecule has 2 aromatic heterocycles. The second-order valence-corrected chi connectivity index (χ2v) is 3.80. The van der Waals surface area contributed by atoms with Crippen LogP contribution < -0.4 is 4.74 Å². The third-order valence-corrected chi connectivity index (χ3v) is 2.58. The van der Waals surface area contributed by atoms with Gasteiger partial charge in [-0.2, -0.15) is 4.98 Å². The van der Waals surface area contributed by atoms with Crippen LogP contribution >= 0.6 is 0 Å². The molecule has 0 saturated heterocycles. The Labute approximate surface area is 104 Å². The lowest BCUT2D eigenvalue weighted by Gasteiger charge is -2.02. The maximum absolute atomic E-state index is 5.64. The molecule has 0 aliphatic carbocycles. The van der Waals surface area contributed by atoms with Gasteiger partial charge >= 0.3 is 0 Å². The fourth-order valence-corrected chi connectivity index (χ4v) is 1.75. The second-order valence-electron chi connectivity index (χ2n) is 3.80. The molecular formula is C14H12N2O2. The lowest BCUT2D eigenvalue weighted by atomic mass is 10.2. The Morgan fingerprint density at radius 2 is 2.00 bits per heavy atom. The van der Waals surface area contributed by atoms with Crippen molar-refractivity contribution in [1.29, 1.82) is 0 Å². The van der Waals surface area contributed by atoms with E-state index in [1.807, 2.05) is 43.3 Å². The van der Waals surface area contributed by atoms with Crippen molar-refractivity contribution in [3.05, 3.63) is 42.6 Å². The van der Waals surface area contributed by atoms with Crippen LogP contribution in [0.25, 0.3) is 22.7 Å². The van der Waals surface area contributed by atoms with Crippen molar-refractivity contribution >= 4 is 11.2 Å². The number of benzene rings is 1. The summed E-state index contributed by atoms with van der Waals surface area (Å²) in [5, 5.41) is 0. The summed E-state index contributed by atoms with van der Waals surface area (Å²) in [5.74, 6) is 1.42. The Hall–Kier alpha value is -2.36. The molecule has 0 aliphatic rings. The highest BCUT2D eigenvalue weighted by atomic mass is 16.5. The van der Waals surface area contributed by atoms with Gasteiger partial charge in [0.25, 0.3) is 0 Å². The summed E-state index contributed by atoms with van der Waals surface area (Å²) in [4.78, 5) is 8.48. The maximum atomic E-state index is 5.64. The molecule has 4 nitrogen and oxygen atoms in total. The van der Waals surface area contributed by atoms with Crippen LogP contribution in [0.1, 0.15) is 6.92 Å². The molecule has 0 radical (unpaired) electrons. The van der Waals surface area contributed by atoms with Crippen LogP contribution in [0.3, 0.4) is 0 Å². The summed E-state index contributed by atoms with van der Waals surface area (Å²) in [5.41, 5.74) is 2.24. The van der Waals surface area contributed by atoms with Gasteiger partial charge in [-0.3, -0.25) is 0 Å². The number of hydrogen-bond donors (Lipinski definition) is 0. The quantitative estimate of drug-likeness (QED) is 0.704. The van der Waals surface area contributed by atoms with Crippen molar-refractivity contribution in [1.82, 2.24) is 9.97 Å². The molecule has 3 aromatic rings. The topological polar surface area (TPSA) is 48.2 Å². The van der Waals surface area contributed by atoms with Crippen LogP contribution in [0.2, 0.25) is 0 Å². The van der Waals surface area contributed by atoms with Crippen LogP contribution in [0.4, 0.5) is 0 Å². The predicted octanol–water partition coefficient (Wildman–Crippen LogP) is 3.29. The standard InChI is InChI=1S/C14H12N2O2/c1-2-17-11-7-5-10(6-8-11)14-16-13-12(18-14)4-3-9-15-13/h3-9H,2H2,1H3. The molecule has 1 aromatic carbocycles. The highest BCUT2D eigenvalue weighted by molar-refractivity contribution is 5.71. The Kier molecular flexibility index (Phi) is 2.68. The van der Waals surface area contributed by atoms with Crippen LogP contribution in [0.5, 0.6) is 5.75 Å². The lowest BCUT2D eigenvalue weighted by molar-refractivity contribution is 0.340. The molecule has 4 heteroatoms. The Morgan fingerprint density at radius 1 is 1.17 bits per heavy atom. The maximum Gasteiger partial charge on any atom is 0.228 e. The van der Waals surface area contributed by atoms with E-state index in [2.05, 4.69) is 9.97 Å². The minimum atomic E-state index is 0.576. The van der Waals surface area contributed by atoms with Crippen molar-refractivity contribution in [2.45, 2.75) is 6.92 Å². The minimum absolute atomic E-state index is 0.576. The summed E-state index contributed by atoms with van der Waals surface area (Å²) in [6.07, 6.45) is 1.70. The molecule has 0 amide bonds. The smallest absolute Gasteiger partial charge is 0.228 e. The first kappa shape index (κ1) is 10.8. The predicted molar refractivity (Wildman–Crippen MR) is 68.4 cm³/mol. The molecule has 0 spiro atoms. The van der Waals surface area contributed by atoms with Crippen molar-refractivity contribution in [2.24, 2.45) is 0 Å². The zero-order valence-corrected chi connectivity index (χ0v) is 9.96. The number of pyridine rings is 1. The molecule has 0 unspecified atom stereocenters. The van der Waals surface area contributed by atoms with Gasteiger partial charge in [-0.1, -0.05) is 0 Å². The first-order valence-electron chi connectivity index (χ1n) is 5.81. The monoisotopic (exact) mass is 240 g/mol. The number of hydrogen-bond acceptors (Lipinski definition) is 4. The molecule has 0 aliphatic heterocycles. The third kappa shape index (κ3) is 1.93. The van der Waals surface area contributed by atoms with Gasteiger partial charge in [0.15, 0.2) is 11.2 Å². The van der Waals surface area contributed by atoms with Gasteiger partial charge < -0.3 is 9.15 Å². The van der Waals surface area contributed by atoms with Crippen molar-refractivity contribution in [2.75, 3.05) is 6.61 Å². The van der Waals surface area contributed by atoms with E-state index < -0.39 is 0 Å². The molecule has 0 N–H and O–H groups in total. The van der Waals surface area contributed by atoms with Gasteiger partial charge in [0.1, 0.15) is 5.75 Å². The van der Waals surface area contributed by atoms with Gasteiger partial charge in [-0.15, -0.1) is 0 Å². The average molecular weight is 240 g/mol. The van der Waals surface area contributed by atoms with Crippen molar-refractivity contribution < 1.29 is 9.15 Å². The molecule has 0 atom stereocenters. The molecule has 18 heavy (non-hydrogen) atoms. The minimum Gasteiger partial charge on any atom is -0.494 e. The molecule has 2 heterocycles. The van der Waals surface area contributed by atoms with Crippen LogP contribution in [0, 0.1) is 0 Å². The summed E-state index contributed by atoms with van der Waals surface area (Å²) in [6.45, 7) is 2.62. The highest BCUT2D eigenvalue weighted by Crippen LogP contribution is 2.24. The van der Waals surface area contributed by atoms with E-state index in [0.29, 0.717) is 23.7 Å². The van der Waals surface area contributed by atoms with E-state index in [4.69, 9.17) is 9.15 Å². The zero-order chi connectivity index (χ0) is 12.4. The Morgan fingerprint density at radius 3 is 2.72 bits per heavy atom. The van der Waals surface area contributed by atoms with Crippen LogP contribution in [-0.4, -0.2) is 16.6 Å². The summed E-state index contributed by atoms with van der Waals surface area (Å²) in [6, 6.07) is 11.3. The van der Waals surface area contributed by atoms with Crippen LogP contribution in [-0.2, 0) is 0 Å². The number of oxazole rings is 1. The first-order valence-corrected chi connectivity index (χ1v) is 5.81. The summed E-state index contributed by atoms with van der Waals surface area (Å²) in [7, 11) is 0. The summed E-state index contributed by atoms with van der Waals surface area (Å²) >= 11 is 0. The highest BCUT2D eigenvalue weighted by Gasteiger charge is 2.08. The first-order chi connectivity index (χ1) is 8.86. The van der Waals surface area contributed by atoms with Crippen LogP contribution in [0.15, 0.2) is 47.0 Å². The molecule has 0 fully saturated rings.